The van der Waals surface area contributed by atoms with Crippen LogP contribution in [0.15, 0.2) is 91.0 Å². The summed E-state index contributed by atoms with van der Waals surface area (Å²) in [4.78, 5) is 3.86. The number of fused-ring (bicyclic) bond motifs is 13. The minimum atomic E-state index is -0.394. The Morgan fingerprint density at radius 1 is 0.526 bits per heavy atom. The van der Waals surface area contributed by atoms with Gasteiger partial charge in [-0.25, -0.2) is 0 Å². The molecule has 184 valence electrons. The smallest absolute Gasteiger partial charge is 0.399 e. The fourth-order valence-electron chi connectivity index (χ4n) is 6.41. The van der Waals surface area contributed by atoms with E-state index in [0.717, 1.165) is 11.0 Å². The van der Waals surface area contributed by atoms with Crippen molar-refractivity contribution in [1.82, 2.24) is 4.98 Å². The lowest BCUT2D eigenvalue weighted by molar-refractivity contribution is 0.00578. The first kappa shape index (κ1) is 22.2. The average molecular weight is 493 g/mol. The predicted molar refractivity (Wildman–Crippen MR) is 162 cm³/mol. The Balaban J connectivity index is 1.53. The molecule has 1 N–H and O–H groups in total. The van der Waals surface area contributed by atoms with Crippen molar-refractivity contribution in [1.29, 1.82) is 0 Å². The van der Waals surface area contributed by atoms with Crippen LogP contribution >= 0.6 is 0 Å². The number of aromatic nitrogens is 1. The largest absolute Gasteiger partial charge is 0.494 e. The predicted octanol–water partition coefficient (Wildman–Crippen LogP) is 8.23. The molecule has 1 aliphatic rings. The number of rotatable bonds is 1. The average Bonchev–Trinajstić information content (AvgIpc) is 3.41. The lowest BCUT2D eigenvalue weighted by atomic mass is 9.78. The van der Waals surface area contributed by atoms with E-state index < -0.39 is 7.12 Å². The maximum absolute atomic E-state index is 6.38. The van der Waals surface area contributed by atoms with Crippen LogP contribution in [-0.2, 0) is 9.31 Å². The van der Waals surface area contributed by atoms with E-state index in [1.807, 2.05) is 0 Å². The van der Waals surface area contributed by atoms with Crippen molar-refractivity contribution >= 4 is 77.5 Å². The highest BCUT2D eigenvalue weighted by atomic mass is 16.7. The van der Waals surface area contributed by atoms with Gasteiger partial charge in [0.05, 0.1) is 16.7 Å². The van der Waals surface area contributed by atoms with E-state index in [0.29, 0.717) is 0 Å². The van der Waals surface area contributed by atoms with Gasteiger partial charge >= 0.3 is 7.12 Å². The normalized spacial score (nSPS) is 17.1. The number of H-pyrrole nitrogens is 1. The number of benzene rings is 6. The van der Waals surface area contributed by atoms with Crippen LogP contribution in [0.5, 0.6) is 0 Å². The second kappa shape index (κ2) is 7.38. The summed E-state index contributed by atoms with van der Waals surface area (Å²) in [5.41, 5.74) is 2.56. The lowest BCUT2D eigenvalue weighted by Gasteiger charge is -2.32. The Kier molecular flexibility index (Phi) is 4.30. The molecule has 0 radical (unpaired) electrons. The second-order valence-corrected chi connectivity index (χ2v) is 11.7. The Labute approximate surface area is 221 Å². The van der Waals surface area contributed by atoms with E-state index in [1.54, 1.807) is 0 Å². The van der Waals surface area contributed by atoms with Crippen LogP contribution in [0.2, 0.25) is 0 Å². The van der Waals surface area contributed by atoms with Gasteiger partial charge in [-0.05, 0) is 71.5 Å². The molecule has 4 heteroatoms. The summed E-state index contributed by atoms with van der Waals surface area (Å²) in [6, 6.07) is 33.0. The lowest BCUT2D eigenvalue weighted by Crippen LogP contribution is -2.41. The van der Waals surface area contributed by atoms with Gasteiger partial charge in [-0.15, -0.1) is 0 Å². The van der Waals surface area contributed by atoms with Crippen molar-refractivity contribution in [3.8, 4) is 0 Å². The molecule has 0 bridgehead atoms. The van der Waals surface area contributed by atoms with Gasteiger partial charge in [-0.3, -0.25) is 0 Å². The van der Waals surface area contributed by atoms with Gasteiger partial charge in [-0.1, -0.05) is 84.9 Å². The molecule has 38 heavy (non-hydrogen) atoms. The van der Waals surface area contributed by atoms with Gasteiger partial charge in [-0.2, -0.15) is 0 Å². The van der Waals surface area contributed by atoms with E-state index in [9.17, 15) is 0 Å². The van der Waals surface area contributed by atoms with Crippen molar-refractivity contribution in [2.45, 2.75) is 38.9 Å². The Bertz CT molecular complexity index is 2090. The molecule has 1 saturated heterocycles. The van der Waals surface area contributed by atoms with Gasteiger partial charge in [0.1, 0.15) is 0 Å². The van der Waals surface area contributed by atoms with Gasteiger partial charge < -0.3 is 14.3 Å². The summed E-state index contributed by atoms with van der Waals surface area (Å²) in [5, 5.41) is 12.8. The second-order valence-electron chi connectivity index (χ2n) is 11.7. The third-order valence-corrected chi connectivity index (χ3v) is 9.00. The van der Waals surface area contributed by atoms with Crippen LogP contribution in [0.3, 0.4) is 0 Å². The van der Waals surface area contributed by atoms with Crippen LogP contribution in [-0.4, -0.2) is 23.3 Å². The quantitative estimate of drug-likeness (QED) is 0.185. The first-order valence-corrected chi connectivity index (χ1v) is 13.4. The zero-order valence-corrected chi connectivity index (χ0v) is 22.1. The fraction of sp³-hybridized carbons (Fsp3) is 0.176. The minimum Gasteiger partial charge on any atom is -0.399 e. The molecule has 1 fully saturated rings. The molecule has 2 heterocycles. The Hall–Kier alpha value is -3.86. The van der Waals surface area contributed by atoms with Gasteiger partial charge in [0.2, 0.25) is 0 Å². The highest BCUT2D eigenvalue weighted by Crippen LogP contribution is 2.45. The van der Waals surface area contributed by atoms with E-state index in [2.05, 4.69) is 124 Å². The molecular weight excluding hydrogens is 465 g/mol. The van der Waals surface area contributed by atoms with Crippen LogP contribution in [0.4, 0.5) is 0 Å². The van der Waals surface area contributed by atoms with Crippen molar-refractivity contribution in [2.24, 2.45) is 0 Å². The molecule has 7 aromatic rings. The number of hydrogen-bond acceptors (Lipinski definition) is 2. The molecule has 0 spiro atoms. The zero-order valence-electron chi connectivity index (χ0n) is 22.1. The van der Waals surface area contributed by atoms with Crippen molar-refractivity contribution < 1.29 is 9.31 Å². The topological polar surface area (TPSA) is 34.2 Å². The number of aromatic amines is 1. The molecule has 3 nitrogen and oxygen atoms in total. The standard InChI is InChI=1S/C34H28BNO2/c1-33(2)34(3,4)38-35(37-33)20-17-18-27-28(19-20)36-32-30(27)26-16-10-9-15-25(26)29-23-13-7-5-11-21(23)22-12-6-8-14-24(22)31(29)32/h5-19,36H,1-4H3. The van der Waals surface area contributed by atoms with Crippen LogP contribution in [0.25, 0.3) is 64.9 Å². The van der Waals surface area contributed by atoms with Gasteiger partial charge in [0.25, 0.3) is 0 Å². The summed E-state index contributed by atoms with van der Waals surface area (Å²) in [6.45, 7) is 8.40. The summed E-state index contributed by atoms with van der Waals surface area (Å²) in [6.07, 6.45) is 0. The molecule has 0 amide bonds. The monoisotopic (exact) mass is 493 g/mol. The minimum absolute atomic E-state index is 0.376. The van der Waals surface area contributed by atoms with Crippen molar-refractivity contribution in [2.75, 3.05) is 0 Å². The van der Waals surface area contributed by atoms with E-state index in [1.165, 1.54) is 59.4 Å². The highest BCUT2D eigenvalue weighted by Gasteiger charge is 2.51. The summed E-state index contributed by atoms with van der Waals surface area (Å²) < 4.78 is 12.8. The van der Waals surface area contributed by atoms with E-state index >= 15 is 0 Å². The summed E-state index contributed by atoms with van der Waals surface area (Å²) in [5.74, 6) is 0. The maximum atomic E-state index is 6.38. The third kappa shape index (κ3) is 2.82. The van der Waals surface area contributed by atoms with E-state index in [-0.39, 0.29) is 11.2 Å². The molecular formula is C34H28BNO2. The first-order chi connectivity index (χ1) is 18.3. The van der Waals surface area contributed by atoms with Gasteiger partial charge in [0.15, 0.2) is 0 Å². The molecule has 1 aliphatic heterocycles. The molecule has 8 rings (SSSR count). The Morgan fingerprint density at radius 2 is 1.00 bits per heavy atom. The zero-order chi connectivity index (χ0) is 25.8. The molecule has 0 atom stereocenters. The molecule has 0 unspecified atom stereocenters. The van der Waals surface area contributed by atoms with Crippen molar-refractivity contribution in [3.05, 3.63) is 91.0 Å². The number of hydrogen-bond donors (Lipinski definition) is 1. The third-order valence-electron chi connectivity index (χ3n) is 9.00. The molecule has 0 saturated carbocycles. The summed E-state index contributed by atoms with van der Waals surface area (Å²) in [7, 11) is -0.394. The summed E-state index contributed by atoms with van der Waals surface area (Å²) >= 11 is 0. The molecule has 6 aromatic carbocycles. The van der Waals surface area contributed by atoms with Crippen LogP contribution in [0.1, 0.15) is 27.7 Å². The maximum Gasteiger partial charge on any atom is 0.494 e. The first-order valence-electron chi connectivity index (χ1n) is 13.4. The fourth-order valence-corrected chi connectivity index (χ4v) is 6.41. The Morgan fingerprint density at radius 3 is 1.58 bits per heavy atom. The molecule has 1 aromatic heterocycles. The SMILES string of the molecule is CC1(C)OB(c2ccc3c(c2)[nH]c2c3c3ccccc3c3c4ccccc4c4ccccc4c23)OC1(C)C. The van der Waals surface area contributed by atoms with E-state index in [4.69, 9.17) is 9.31 Å². The number of nitrogens with one attached hydrogen (secondary N) is 1. The highest BCUT2D eigenvalue weighted by molar-refractivity contribution is 6.62. The van der Waals surface area contributed by atoms with Gasteiger partial charge in [0, 0.05) is 27.1 Å². The van der Waals surface area contributed by atoms with Crippen molar-refractivity contribution in [3.63, 3.8) is 0 Å². The van der Waals surface area contributed by atoms with Crippen LogP contribution in [0, 0.1) is 0 Å². The molecule has 0 aliphatic carbocycles. The van der Waals surface area contributed by atoms with Crippen LogP contribution < -0.4 is 5.46 Å².